The van der Waals surface area contributed by atoms with Crippen molar-refractivity contribution in [1.29, 1.82) is 0 Å². The van der Waals surface area contributed by atoms with Gasteiger partial charge in [0.25, 0.3) is 0 Å². The predicted octanol–water partition coefficient (Wildman–Crippen LogP) is 4.65. The van der Waals surface area contributed by atoms with Gasteiger partial charge >= 0.3 is 0 Å². The smallest absolute Gasteiger partial charge is 0.0779 e. The fourth-order valence-corrected chi connectivity index (χ4v) is 5.87. The first kappa shape index (κ1) is 19.2. The van der Waals surface area contributed by atoms with Crippen LogP contribution < -0.4 is 9.75 Å². The molecule has 0 fully saturated rings. The quantitative estimate of drug-likeness (QED) is 0.583. The highest BCUT2D eigenvalue weighted by Crippen LogP contribution is 2.37. The van der Waals surface area contributed by atoms with Gasteiger partial charge in [0.15, 0.2) is 0 Å². The maximum atomic E-state index is 5.92. The molecular weight excluding hydrogens is 438 g/mol. The summed E-state index contributed by atoms with van der Waals surface area (Å²) in [6.45, 7) is 2.54. The normalized spacial score (nSPS) is 15.9. The van der Waals surface area contributed by atoms with Crippen LogP contribution in [-0.2, 0) is 4.74 Å². The van der Waals surface area contributed by atoms with Gasteiger partial charge in [0, 0.05) is 40.7 Å². The molecular formula is C22H22BrNOS2. The van der Waals surface area contributed by atoms with Gasteiger partial charge < -0.3 is 9.64 Å². The Morgan fingerprint density at radius 3 is 2.89 bits per heavy atom. The number of nitrogens with zero attached hydrogens (tertiary/aromatic N) is 1. The van der Waals surface area contributed by atoms with Gasteiger partial charge in [-0.15, -0.1) is 11.3 Å². The molecule has 1 aliphatic heterocycles. The standard InChI is InChI=1S/C22H22BrNOS2/c1-24(2)11-4-12-25-14-17-9-7-15-5-3-6-20-21(22(15)26-17)18-13-16(23)8-10-19(18)27-20/h3,5-10,13H,4,11-12,14H2,1-2H3. The van der Waals surface area contributed by atoms with E-state index in [4.69, 9.17) is 4.74 Å². The van der Waals surface area contributed by atoms with E-state index in [1.165, 1.54) is 35.2 Å². The third-order valence-electron chi connectivity index (χ3n) is 4.51. The van der Waals surface area contributed by atoms with Crippen molar-refractivity contribution < 1.29 is 4.74 Å². The van der Waals surface area contributed by atoms with E-state index in [1.54, 1.807) is 0 Å². The highest BCUT2D eigenvalue weighted by atomic mass is 79.9. The molecule has 27 heavy (non-hydrogen) atoms. The summed E-state index contributed by atoms with van der Waals surface area (Å²) < 4.78 is 9.71. The molecule has 2 aromatic rings. The molecule has 2 aliphatic rings. The highest BCUT2D eigenvalue weighted by molar-refractivity contribution is 9.10. The van der Waals surface area contributed by atoms with Gasteiger partial charge in [-0.25, -0.2) is 0 Å². The van der Waals surface area contributed by atoms with Gasteiger partial charge in [0.1, 0.15) is 0 Å². The number of ether oxygens (including phenoxy) is 1. The second kappa shape index (κ2) is 8.50. The second-order valence-corrected chi connectivity index (χ2v) is 10.0. The van der Waals surface area contributed by atoms with Crippen LogP contribution >= 0.6 is 39.0 Å². The van der Waals surface area contributed by atoms with Crippen LogP contribution in [0.3, 0.4) is 0 Å². The Kier molecular flexibility index (Phi) is 6.05. The predicted molar refractivity (Wildman–Crippen MR) is 124 cm³/mol. The van der Waals surface area contributed by atoms with Gasteiger partial charge in [-0.1, -0.05) is 45.9 Å². The number of thiophene rings is 1. The summed E-state index contributed by atoms with van der Waals surface area (Å²) in [5.74, 6) is 0. The fourth-order valence-electron chi connectivity index (χ4n) is 3.22. The van der Waals surface area contributed by atoms with Crippen molar-refractivity contribution in [3.05, 3.63) is 67.2 Å². The number of thioether (sulfide) groups is 1. The van der Waals surface area contributed by atoms with Crippen LogP contribution in [0, 0.1) is 0 Å². The average molecular weight is 460 g/mol. The van der Waals surface area contributed by atoms with Crippen LogP contribution in [0.5, 0.6) is 0 Å². The van der Waals surface area contributed by atoms with E-state index in [0.717, 1.165) is 24.0 Å². The van der Waals surface area contributed by atoms with Crippen molar-refractivity contribution >= 4 is 60.1 Å². The van der Waals surface area contributed by atoms with Crippen molar-refractivity contribution in [2.45, 2.75) is 6.42 Å². The van der Waals surface area contributed by atoms with E-state index in [2.05, 4.69) is 83.5 Å². The van der Waals surface area contributed by atoms with Crippen molar-refractivity contribution in [2.75, 3.05) is 33.9 Å². The summed E-state index contributed by atoms with van der Waals surface area (Å²) in [5, 5.41) is 2.68. The lowest BCUT2D eigenvalue weighted by molar-refractivity contribution is 0.150. The first-order chi connectivity index (χ1) is 13.1. The summed E-state index contributed by atoms with van der Waals surface area (Å²) in [6.07, 6.45) is 12.1. The summed E-state index contributed by atoms with van der Waals surface area (Å²) in [6, 6.07) is 6.57. The molecule has 1 aliphatic carbocycles. The molecule has 0 unspecified atom stereocenters. The van der Waals surface area contributed by atoms with Crippen LogP contribution in [-0.4, -0.2) is 38.8 Å². The Labute approximate surface area is 176 Å². The minimum atomic E-state index is 0.680. The molecule has 0 bridgehead atoms. The summed E-state index contributed by atoms with van der Waals surface area (Å²) in [5.41, 5.74) is 1.28. The Morgan fingerprint density at radius 1 is 1.15 bits per heavy atom. The number of hydrogen-bond donors (Lipinski definition) is 0. The number of allylic oxidation sites excluding steroid dienone is 4. The Hall–Kier alpha value is -1.11. The molecule has 0 N–H and O–H groups in total. The molecule has 2 heterocycles. The fraction of sp³-hybridized carbons (Fsp3) is 0.273. The molecule has 0 amide bonds. The van der Waals surface area contributed by atoms with E-state index in [1.807, 2.05) is 23.1 Å². The topological polar surface area (TPSA) is 12.5 Å². The lowest BCUT2D eigenvalue weighted by atomic mass is 10.1. The third-order valence-corrected chi connectivity index (χ3v) is 7.30. The molecule has 0 radical (unpaired) electrons. The Morgan fingerprint density at radius 2 is 2.04 bits per heavy atom. The summed E-state index contributed by atoms with van der Waals surface area (Å²) in [4.78, 5) is 4.81. The van der Waals surface area contributed by atoms with Gasteiger partial charge in [-0.2, -0.15) is 0 Å². The number of benzene rings is 1. The number of halogens is 1. The largest absolute Gasteiger partial charge is 0.376 e. The maximum absolute atomic E-state index is 5.92. The molecule has 0 spiro atoms. The zero-order chi connectivity index (χ0) is 18.8. The highest BCUT2D eigenvalue weighted by Gasteiger charge is 2.17. The average Bonchev–Trinajstić information content (AvgIpc) is 2.89. The van der Waals surface area contributed by atoms with Gasteiger partial charge in [-0.3, -0.25) is 0 Å². The van der Waals surface area contributed by atoms with Gasteiger partial charge in [-0.05, 0) is 63.0 Å². The van der Waals surface area contributed by atoms with Crippen molar-refractivity contribution in [3.63, 3.8) is 0 Å². The molecule has 1 aromatic carbocycles. The van der Waals surface area contributed by atoms with Gasteiger partial charge in [0.05, 0.1) is 6.61 Å². The van der Waals surface area contributed by atoms with Crippen molar-refractivity contribution in [3.8, 4) is 0 Å². The Balaban J connectivity index is 1.64. The van der Waals surface area contributed by atoms with E-state index < -0.39 is 0 Å². The van der Waals surface area contributed by atoms with E-state index >= 15 is 0 Å². The monoisotopic (exact) mass is 459 g/mol. The summed E-state index contributed by atoms with van der Waals surface area (Å²) >= 11 is 7.35. The zero-order valence-electron chi connectivity index (χ0n) is 15.5. The lowest BCUT2D eigenvalue weighted by Gasteiger charge is -2.16. The molecule has 4 rings (SSSR count). The van der Waals surface area contributed by atoms with Gasteiger partial charge in [0.2, 0.25) is 0 Å². The summed E-state index contributed by atoms with van der Waals surface area (Å²) in [7, 11) is 4.19. The van der Waals surface area contributed by atoms with Crippen LogP contribution in [0.2, 0.25) is 0 Å². The minimum absolute atomic E-state index is 0.680. The number of hydrogen-bond acceptors (Lipinski definition) is 4. The first-order valence-electron chi connectivity index (χ1n) is 9.04. The molecule has 0 saturated carbocycles. The van der Waals surface area contributed by atoms with E-state index in [0.29, 0.717) is 6.61 Å². The zero-order valence-corrected chi connectivity index (χ0v) is 18.7. The molecule has 1 aromatic heterocycles. The second-order valence-electron chi connectivity index (χ2n) is 6.90. The van der Waals surface area contributed by atoms with Crippen LogP contribution in [0.25, 0.3) is 21.1 Å². The van der Waals surface area contributed by atoms with Crippen LogP contribution in [0.4, 0.5) is 0 Å². The van der Waals surface area contributed by atoms with Crippen molar-refractivity contribution in [2.24, 2.45) is 0 Å². The first-order valence-corrected chi connectivity index (χ1v) is 11.5. The van der Waals surface area contributed by atoms with Crippen LogP contribution in [0.15, 0.2) is 57.5 Å². The third kappa shape index (κ3) is 4.33. The lowest BCUT2D eigenvalue weighted by Crippen LogP contribution is -2.21. The Bertz CT molecular complexity index is 1080. The number of rotatable bonds is 6. The molecule has 140 valence electrons. The van der Waals surface area contributed by atoms with Crippen LogP contribution in [0.1, 0.15) is 6.42 Å². The molecule has 0 atom stereocenters. The molecule has 5 heteroatoms. The minimum Gasteiger partial charge on any atom is -0.376 e. The number of fused-ring (bicyclic) bond motifs is 4. The molecule has 0 saturated heterocycles. The maximum Gasteiger partial charge on any atom is 0.0779 e. The molecule has 2 nitrogen and oxygen atoms in total. The SMILES string of the molecule is CN(C)CCCOCC1=CC=C2C=CC=c3sc4ccc(Br)cc4c3=C2S1. The van der Waals surface area contributed by atoms with E-state index in [-0.39, 0.29) is 0 Å². The van der Waals surface area contributed by atoms with E-state index in [9.17, 15) is 0 Å². The van der Waals surface area contributed by atoms with Crippen molar-refractivity contribution in [1.82, 2.24) is 4.90 Å².